The summed E-state index contributed by atoms with van der Waals surface area (Å²) < 4.78 is 17.6. The number of aromatic nitrogens is 1. The molecule has 8 nitrogen and oxygen atoms in total. The lowest BCUT2D eigenvalue weighted by Crippen LogP contribution is -2.43. The van der Waals surface area contributed by atoms with E-state index in [1.54, 1.807) is 13.2 Å². The molecule has 0 unspecified atom stereocenters. The molecular formula is C30H34N4O4. The molecule has 2 heterocycles. The molecule has 1 aromatic heterocycles. The molecule has 1 saturated heterocycles. The zero-order chi connectivity index (χ0) is 26.3. The molecule has 198 valence electrons. The minimum atomic E-state index is -0.188. The van der Waals surface area contributed by atoms with Crippen molar-refractivity contribution >= 4 is 23.0 Å². The van der Waals surface area contributed by atoms with Crippen molar-refractivity contribution in [2.24, 2.45) is 0 Å². The Morgan fingerprint density at radius 1 is 1.05 bits per heavy atom. The lowest BCUT2D eigenvalue weighted by molar-refractivity contribution is 0.0951. The van der Waals surface area contributed by atoms with Gasteiger partial charge in [0.25, 0.3) is 11.9 Å². The molecule has 38 heavy (non-hydrogen) atoms. The number of oxazole rings is 1. The van der Waals surface area contributed by atoms with Crippen LogP contribution in [0.25, 0.3) is 11.1 Å². The molecule has 0 radical (unpaired) electrons. The first-order valence-corrected chi connectivity index (χ1v) is 13.1. The number of methoxy groups -OCH3 is 1. The summed E-state index contributed by atoms with van der Waals surface area (Å²) in [6.45, 7) is 5.41. The van der Waals surface area contributed by atoms with Gasteiger partial charge in [0.2, 0.25) is 0 Å². The molecule has 0 spiro atoms. The monoisotopic (exact) mass is 514 g/mol. The number of hydrogen-bond acceptors (Lipinski definition) is 7. The van der Waals surface area contributed by atoms with Gasteiger partial charge < -0.3 is 29.4 Å². The Morgan fingerprint density at radius 3 is 2.63 bits per heavy atom. The molecular weight excluding hydrogens is 480 g/mol. The number of nitrogens with zero attached hydrogens (tertiary/aromatic N) is 2. The van der Waals surface area contributed by atoms with Crippen molar-refractivity contribution in [2.45, 2.75) is 38.9 Å². The number of carbonyl (C=O) groups is 1. The number of para-hydroxylation sites is 1. The van der Waals surface area contributed by atoms with Gasteiger partial charge in [0.1, 0.15) is 5.52 Å². The normalized spacial score (nSPS) is 13.8. The maximum absolute atomic E-state index is 13.1. The highest BCUT2D eigenvalue weighted by Crippen LogP contribution is 2.32. The third kappa shape index (κ3) is 5.75. The standard InChI is InChI=1S/C30H34N4O4/c1-3-37-27-18-22(12-13-26(27)36-2)20-34(23-14-16-31-17-15-23)30-33-25-11-7-10-24(28(25)38-30)29(35)32-19-21-8-5-4-6-9-21/h4-13,18,23,31H,3,14-17,19-20H2,1-2H3,(H,32,35). The van der Waals surface area contributed by atoms with Crippen molar-refractivity contribution in [3.8, 4) is 11.5 Å². The third-order valence-electron chi connectivity index (χ3n) is 6.82. The number of rotatable bonds is 10. The van der Waals surface area contributed by atoms with Crippen molar-refractivity contribution in [2.75, 3.05) is 31.7 Å². The Balaban J connectivity index is 1.44. The molecule has 0 atom stereocenters. The summed E-state index contributed by atoms with van der Waals surface area (Å²) in [6.07, 6.45) is 1.94. The Bertz CT molecular complexity index is 1370. The molecule has 4 aromatic rings. The summed E-state index contributed by atoms with van der Waals surface area (Å²) in [4.78, 5) is 20.2. The quantitative estimate of drug-likeness (QED) is 0.310. The van der Waals surface area contributed by atoms with Crippen molar-refractivity contribution in [1.29, 1.82) is 0 Å². The zero-order valence-electron chi connectivity index (χ0n) is 21.9. The molecule has 0 bridgehead atoms. The van der Waals surface area contributed by atoms with Crippen LogP contribution in [-0.2, 0) is 13.1 Å². The van der Waals surface area contributed by atoms with E-state index in [4.69, 9.17) is 18.9 Å². The number of hydrogen-bond donors (Lipinski definition) is 2. The number of piperidine rings is 1. The average Bonchev–Trinajstić information content (AvgIpc) is 3.40. The predicted octanol–water partition coefficient (Wildman–Crippen LogP) is 4.92. The van der Waals surface area contributed by atoms with E-state index < -0.39 is 0 Å². The summed E-state index contributed by atoms with van der Waals surface area (Å²) in [6, 6.07) is 22.1. The topological polar surface area (TPSA) is 88.9 Å². The van der Waals surface area contributed by atoms with Crippen LogP contribution in [-0.4, -0.2) is 43.7 Å². The van der Waals surface area contributed by atoms with Crippen LogP contribution in [0, 0.1) is 0 Å². The minimum Gasteiger partial charge on any atom is -0.493 e. The highest BCUT2D eigenvalue weighted by Gasteiger charge is 2.27. The maximum Gasteiger partial charge on any atom is 0.298 e. The van der Waals surface area contributed by atoms with Crippen LogP contribution in [0.15, 0.2) is 71.1 Å². The van der Waals surface area contributed by atoms with Gasteiger partial charge in [-0.3, -0.25) is 4.79 Å². The Morgan fingerprint density at radius 2 is 1.87 bits per heavy atom. The number of anilines is 1. The lowest BCUT2D eigenvalue weighted by atomic mass is 10.0. The van der Waals surface area contributed by atoms with Gasteiger partial charge in [-0.15, -0.1) is 0 Å². The fourth-order valence-corrected chi connectivity index (χ4v) is 4.87. The van der Waals surface area contributed by atoms with Crippen molar-refractivity contribution in [3.05, 3.63) is 83.4 Å². The molecule has 1 aliphatic heterocycles. The second kappa shape index (κ2) is 12.0. The molecule has 1 amide bonds. The van der Waals surface area contributed by atoms with E-state index in [9.17, 15) is 4.79 Å². The molecule has 0 aliphatic carbocycles. The first kappa shape index (κ1) is 25.6. The molecule has 8 heteroatoms. The maximum atomic E-state index is 13.1. The van der Waals surface area contributed by atoms with Crippen LogP contribution in [0.1, 0.15) is 41.3 Å². The smallest absolute Gasteiger partial charge is 0.298 e. The summed E-state index contributed by atoms with van der Waals surface area (Å²) >= 11 is 0. The van der Waals surface area contributed by atoms with Crippen LogP contribution in [0.5, 0.6) is 11.5 Å². The zero-order valence-corrected chi connectivity index (χ0v) is 21.9. The predicted molar refractivity (Wildman–Crippen MR) is 148 cm³/mol. The number of ether oxygens (including phenoxy) is 2. The Hall–Kier alpha value is -4.04. The first-order valence-electron chi connectivity index (χ1n) is 13.1. The van der Waals surface area contributed by atoms with Crippen molar-refractivity contribution in [3.63, 3.8) is 0 Å². The van der Waals surface area contributed by atoms with Crippen LogP contribution >= 0.6 is 0 Å². The van der Waals surface area contributed by atoms with Gasteiger partial charge in [0.05, 0.1) is 19.3 Å². The fraction of sp³-hybridized carbons (Fsp3) is 0.333. The number of carbonyl (C=O) groups excluding carboxylic acids is 1. The molecule has 1 fully saturated rings. The number of nitrogens with one attached hydrogen (secondary N) is 2. The highest BCUT2D eigenvalue weighted by atomic mass is 16.5. The van der Waals surface area contributed by atoms with Gasteiger partial charge in [-0.25, -0.2) is 0 Å². The van der Waals surface area contributed by atoms with Gasteiger partial charge in [-0.1, -0.05) is 42.5 Å². The minimum absolute atomic E-state index is 0.188. The average molecular weight is 515 g/mol. The summed E-state index contributed by atoms with van der Waals surface area (Å²) in [7, 11) is 1.64. The van der Waals surface area contributed by atoms with Crippen LogP contribution < -0.4 is 25.0 Å². The SMILES string of the molecule is CCOc1cc(CN(c2nc3cccc(C(=O)NCc4ccccc4)c3o2)C2CCNCC2)ccc1OC. The Kier molecular flexibility index (Phi) is 8.09. The van der Waals surface area contributed by atoms with Crippen LogP contribution in [0.3, 0.4) is 0 Å². The fourth-order valence-electron chi connectivity index (χ4n) is 4.87. The number of benzene rings is 3. The van der Waals surface area contributed by atoms with E-state index in [2.05, 4.69) is 15.5 Å². The second-order valence-electron chi connectivity index (χ2n) is 9.35. The lowest BCUT2D eigenvalue weighted by Gasteiger charge is -2.33. The van der Waals surface area contributed by atoms with E-state index >= 15 is 0 Å². The third-order valence-corrected chi connectivity index (χ3v) is 6.82. The summed E-state index contributed by atoms with van der Waals surface area (Å²) in [5, 5.41) is 6.44. The largest absolute Gasteiger partial charge is 0.493 e. The van der Waals surface area contributed by atoms with E-state index in [1.165, 1.54) is 0 Å². The molecule has 2 N–H and O–H groups in total. The van der Waals surface area contributed by atoms with Gasteiger partial charge in [0, 0.05) is 19.1 Å². The van der Waals surface area contributed by atoms with Gasteiger partial charge >= 0.3 is 0 Å². The van der Waals surface area contributed by atoms with Crippen LogP contribution in [0.4, 0.5) is 6.01 Å². The molecule has 0 saturated carbocycles. The van der Waals surface area contributed by atoms with E-state index in [-0.39, 0.29) is 11.9 Å². The van der Waals surface area contributed by atoms with E-state index in [1.807, 2.05) is 67.6 Å². The first-order chi connectivity index (χ1) is 18.7. The number of amides is 1. The molecule has 5 rings (SSSR count). The van der Waals surface area contributed by atoms with Crippen molar-refractivity contribution < 1.29 is 18.7 Å². The molecule has 3 aromatic carbocycles. The van der Waals surface area contributed by atoms with Crippen molar-refractivity contribution in [1.82, 2.24) is 15.6 Å². The summed E-state index contributed by atoms with van der Waals surface area (Å²) in [5.74, 6) is 1.23. The second-order valence-corrected chi connectivity index (χ2v) is 9.35. The van der Waals surface area contributed by atoms with Gasteiger partial charge in [-0.2, -0.15) is 4.98 Å². The highest BCUT2D eigenvalue weighted by molar-refractivity contribution is 6.04. The van der Waals surface area contributed by atoms with Gasteiger partial charge in [-0.05, 0) is 68.2 Å². The van der Waals surface area contributed by atoms with E-state index in [0.717, 1.165) is 37.1 Å². The summed E-state index contributed by atoms with van der Waals surface area (Å²) in [5.41, 5.74) is 3.74. The van der Waals surface area contributed by atoms with Crippen LogP contribution in [0.2, 0.25) is 0 Å². The number of fused-ring (bicyclic) bond motifs is 1. The Labute approximate surface area is 222 Å². The van der Waals surface area contributed by atoms with E-state index in [0.29, 0.717) is 53.9 Å². The van der Waals surface area contributed by atoms with Gasteiger partial charge in [0.15, 0.2) is 17.1 Å². The molecule has 1 aliphatic rings.